The van der Waals surface area contributed by atoms with E-state index in [2.05, 4.69) is 11.8 Å². The van der Waals surface area contributed by atoms with Crippen molar-refractivity contribution in [2.75, 3.05) is 6.61 Å². The molecule has 2 rings (SSSR count). The van der Waals surface area contributed by atoms with Crippen molar-refractivity contribution >= 4 is 0 Å². The predicted molar refractivity (Wildman–Crippen MR) is 72.8 cm³/mol. The Morgan fingerprint density at radius 2 is 2.21 bits per heavy atom. The third kappa shape index (κ3) is 3.10. The maximum atomic E-state index is 9.78. The Kier molecular flexibility index (Phi) is 4.83. The van der Waals surface area contributed by atoms with Crippen LogP contribution in [0.5, 0.6) is 0 Å². The minimum Gasteiger partial charge on any atom is -0.393 e. The number of aliphatic hydroxyl groups is 1. The van der Waals surface area contributed by atoms with Crippen molar-refractivity contribution in [2.45, 2.75) is 82.3 Å². The summed E-state index contributed by atoms with van der Waals surface area (Å²) in [6.45, 7) is 11.2. The van der Waals surface area contributed by atoms with E-state index in [-0.39, 0.29) is 31.0 Å². The topological polar surface area (TPSA) is 43.0 Å². The molecule has 2 heterocycles. The molecule has 0 aromatic rings. The molecule has 0 amide bonds. The van der Waals surface area contributed by atoms with Gasteiger partial charge in [0.2, 0.25) is 6.04 Å². The van der Waals surface area contributed by atoms with E-state index in [1.54, 1.807) is 0 Å². The van der Waals surface area contributed by atoms with E-state index in [0.717, 1.165) is 38.5 Å². The zero-order valence-corrected chi connectivity index (χ0v) is 12.0. The fourth-order valence-electron chi connectivity index (χ4n) is 3.40. The lowest BCUT2D eigenvalue weighted by atomic mass is 9.86. The van der Waals surface area contributed by atoms with Crippen molar-refractivity contribution in [3.8, 4) is 0 Å². The van der Waals surface area contributed by atoms with Gasteiger partial charge in [-0.3, -0.25) is 0 Å². The largest absolute Gasteiger partial charge is 0.393 e. The van der Waals surface area contributed by atoms with Gasteiger partial charge in [0.05, 0.1) is 24.9 Å². The van der Waals surface area contributed by atoms with Crippen LogP contribution in [0.1, 0.15) is 52.4 Å². The molecule has 5 atom stereocenters. The Morgan fingerprint density at radius 1 is 1.42 bits per heavy atom. The molecule has 4 heteroatoms. The zero-order valence-electron chi connectivity index (χ0n) is 12.0. The molecule has 2 aliphatic heterocycles. The van der Waals surface area contributed by atoms with Gasteiger partial charge in [0.25, 0.3) is 0 Å². The van der Waals surface area contributed by atoms with Crippen LogP contribution >= 0.6 is 0 Å². The summed E-state index contributed by atoms with van der Waals surface area (Å²) in [7, 11) is 0. The fraction of sp³-hybridized carbons (Fsp3) is 0.933. The van der Waals surface area contributed by atoms with E-state index >= 15 is 0 Å². The first-order chi connectivity index (χ1) is 9.13. The molecule has 0 aliphatic carbocycles. The summed E-state index contributed by atoms with van der Waals surface area (Å²) in [6.07, 6.45) is 5.91. The van der Waals surface area contributed by atoms with Gasteiger partial charge in [0, 0.05) is 19.8 Å². The van der Waals surface area contributed by atoms with Crippen LogP contribution in [0.2, 0.25) is 0 Å². The average molecular weight is 267 g/mol. The van der Waals surface area contributed by atoms with Crippen LogP contribution in [-0.4, -0.2) is 41.7 Å². The molecule has 0 spiro atoms. The maximum absolute atomic E-state index is 9.78. The van der Waals surface area contributed by atoms with Crippen molar-refractivity contribution in [3.63, 3.8) is 0 Å². The van der Waals surface area contributed by atoms with Crippen LogP contribution in [0.4, 0.5) is 0 Å². The van der Waals surface area contributed by atoms with Gasteiger partial charge in [-0.25, -0.2) is 6.57 Å². The van der Waals surface area contributed by atoms with Crippen molar-refractivity contribution in [3.05, 3.63) is 11.4 Å². The second kappa shape index (κ2) is 6.21. The Bertz CT molecular complexity index is 341. The molecule has 0 radical (unpaired) electrons. The summed E-state index contributed by atoms with van der Waals surface area (Å²) >= 11 is 0. The van der Waals surface area contributed by atoms with Crippen LogP contribution < -0.4 is 0 Å². The van der Waals surface area contributed by atoms with Gasteiger partial charge in [0.15, 0.2) is 0 Å². The smallest absolute Gasteiger partial charge is 0.223 e. The van der Waals surface area contributed by atoms with E-state index in [1.807, 2.05) is 6.92 Å². The Balaban J connectivity index is 2.00. The average Bonchev–Trinajstić information content (AvgIpc) is 2.77. The van der Waals surface area contributed by atoms with Gasteiger partial charge >= 0.3 is 0 Å². The maximum Gasteiger partial charge on any atom is 0.223 e. The van der Waals surface area contributed by atoms with Gasteiger partial charge in [-0.15, -0.1) is 0 Å². The highest BCUT2D eigenvalue weighted by Crippen LogP contribution is 2.43. The molecule has 1 N–H and O–H groups in total. The van der Waals surface area contributed by atoms with Crippen LogP contribution in [-0.2, 0) is 9.47 Å². The monoisotopic (exact) mass is 267 g/mol. The second-order valence-electron chi connectivity index (χ2n) is 5.99. The lowest BCUT2D eigenvalue weighted by Crippen LogP contribution is -2.51. The molecule has 0 aromatic carbocycles. The quantitative estimate of drug-likeness (QED) is 0.778. The lowest BCUT2D eigenvalue weighted by molar-refractivity contribution is -0.184. The number of aliphatic hydroxyl groups excluding tert-OH is 1. The number of rotatable bonds is 5. The summed E-state index contributed by atoms with van der Waals surface area (Å²) in [5.41, 5.74) is -0.509. The van der Waals surface area contributed by atoms with Gasteiger partial charge in [-0.1, -0.05) is 13.3 Å². The molecular formula is C15H25NO3. The first kappa shape index (κ1) is 14.8. The molecule has 0 saturated carbocycles. The molecule has 2 fully saturated rings. The Labute approximate surface area is 115 Å². The summed E-state index contributed by atoms with van der Waals surface area (Å²) in [5.74, 6) is 0. The number of ether oxygens (including phenoxy) is 2. The second-order valence-corrected chi connectivity index (χ2v) is 5.99. The van der Waals surface area contributed by atoms with Crippen LogP contribution in [0.15, 0.2) is 0 Å². The molecule has 2 aliphatic rings. The van der Waals surface area contributed by atoms with E-state index in [1.165, 1.54) is 0 Å². The Morgan fingerprint density at radius 3 is 2.84 bits per heavy atom. The summed E-state index contributed by atoms with van der Waals surface area (Å²) < 4.78 is 12.2. The van der Waals surface area contributed by atoms with E-state index in [0.29, 0.717) is 0 Å². The number of fused-ring (bicyclic) bond motifs is 1. The highest BCUT2D eigenvalue weighted by atomic mass is 16.6. The zero-order chi connectivity index (χ0) is 13.9. The van der Waals surface area contributed by atoms with Crippen molar-refractivity contribution in [1.29, 1.82) is 0 Å². The molecule has 1 unspecified atom stereocenters. The van der Waals surface area contributed by atoms with E-state index in [9.17, 15) is 5.11 Å². The molecular weight excluding hydrogens is 242 g/mol. The molecule has 19 heavy (non-hydrogen) atoms. The first-order valence-corrected chi connectivity index (χ1v) is 7.44. The predicted octanol–water partition coefficient (Wildman–Crippen LogP) is 2.55. The van der Waals surface area contributed by atoms with E-state index in [4.69, 9.17) is 16.0 Å². The standard InChI is InChI=1S/C15H25NO3/c1-4-5-13-9-15(10-17)14(18-13)7-6-12(19-15)8-11(2)16-3/h11-14,17H,4-10H2,1-2H3/t11-,12?,13+,14+,15-/m1/s1. The third-order valence-electron chi connectivity index (χ3n) is 4.37. The normalized spacial score (nSPS) is 39.6. The van der Waals surface area contributed by atoms with Gasteiger partial charge in [-0.05, 0) is 19.3 Å². The summed E-state index contributed by atoms with van der Waals surface area (Å²) in [4.78, 5) is 3.54. The highest BCUT2D eigenvalue weighted by Gasteiger charge is 2.52. The molecule has 0 aromatic heterocycles. The fourth-order valence-corrected chi connectivity index (χ4v) is 3.40. The van der Waals surface area contributed by atoms with Crippen molar-refractivity contribution in [2.24, 2.45) is 0 Å². The van der Waals surface area contributed by atoms with Crippen LogP contribution in [0.3, 0.4) is 0 Å². The first-order valence-electron chi connectivity index (χ1n) is 7.44. The molecule has 4 nitrogen and oxygen atoms in total. The van der Waals surface area contributed by atoms with Crippen molar-refractivity contribution in [1.82, 2.24) is 0 Å². The van der Waals surface area contributed by atoms with Crippen molar-refractivity contribution < 1.29 is 14.6 Å². The lowest BCUT2D eigenvalue weighted by Gasteiger charge is -2.40. The highest BCUT2D eigenvalue weighted by molar-refractivity contribution is 5.01. The SMILES string of the molecule is [C-]#[N+][C@H](C)CC1CC[C@@H]2O[C@@H](CCC)C[C@]2(CO)O1. The summed E-state index contributed by atoms with van der Waals surface area (Å²) in [5, 5.41) is 9.78. The van der Waals surface area contributed by atoms with E-state index < -0.39 is 5.60 Å². The number of hydrogen-bond acceptors (Lipinski definition) is 3. The molecule has 108 valence electrons. The van der Waals surface area contributed by atoms with Crippen LogP contribution in [0.25, 0.3) is 4.85 Å². The minimum absolute atomic E-state index is 0.00828. The minimum atomic E-state index is -0.509. The van der Waals surface area contributed by atoms with Gasteiger partial charge < -0.3 is 19.4 Å². The molecule has 2 saturated heterocycles. The molecule has 0 bridgehead atoms. The van der Waals surface area contributed by atoms with Crippen LogP contribution in [0, 0.1) is 6.57 Å². The number of hydrogen-bond donors (Lipinski definition) is 1. The number of nitrogens with zero attached hydrogens (tertiary/aromatic N) is 1. The third-order valence-corrected chi connectivity index (χ3v) is 4.37. The summed E-state index contributed by atoms with van der Waals surface area (Å²) in [6, 6.07) is -0.00828. The van der Waals surface area contributed by atoms with Gasteiger partial charge in [0.1, 0.15) is 5.60 Å². The Hall–Kier alpha value is -0.630. The van der Waals surface area contributed by atoms with Gasteiger partial charge in [-0.2, -0.15) is 0 Å².